The van der Waals surface area contributed by atoms with Crippen LogP contribution in [0, 0.1) is 5.92 Å². The van der Waals surface area contributed by atoms with Crippen LogP contribution in [0.25, 0.3) is 11.1 Å². The molecule has 4 heteroatoms. The number of carbonyl (C=O) groups is 1. The van der Waals surface area contributed by atoms with E-state index in [2.05, 4.69) is 24.3 Å². The molecule has 0 fully saturated rings. The summed E-state index contributed by atoms with van der Waals surface area (Å²) < 4.78 is 1.71. The molecule has 0 radical (unpaired) electrons. The third-order valence-corrected chi connectivity index (χ3v) is 3.17. The monoisotopic (exact) mass is 271 g/mol. The van der Waals surface area contributed by atoms with Crippen LogP contribution in [0.4, 0.5) is 0 Å². The van der Waals surface area contributed by atoms with Gasteiger partial charge < -0.3 is 5.32 Å². The number of nitrogens with one attached hydrogen (secondary N) is 1. The summed E-state index contributed by atoms with van der Waals surface area (Å²) in [6.45, 7) is 6.70. The largest absolute Gasteiger partial charge is 0.354 e. The Bertz CT molecular complexity index is 560. The molecule has 0 spiro atoms. The third kappa shape index (κ3) is 3.47. The lowest BCUT2D eigenvalue weighted by molar-refractivity contribution is -0.124. The first-order valence-corrected chi connectivity index (χ1v) is 6.95. The van der Waals surface area contributed by atoms with Crippen molar-refractivity contribution < 1.29 is 4.79 Å². The molecule has 1 atom stereocenters. The van der Waals surface area contributed by atoms with Crippen molar-refractivity contribution in [2.24, 2.45) is 5.92 Å². The topological polar surface area (TPSA) is 46.9 Å². The summed E-state index contributed by atoms with van der Waals surface area (Å²) in [6.07, 6.45) is 3.70. The first-order valence-electron chi connectivity index (χ1n) is 6.95. The smallest absolute Gasteiger partial charge is 0.244 e. The fourth-order valence-electron chi connectivity index (χ4n) is 1.90. The number of benzene rings is 1. The van der Waals surface area contributed by atoms with Crippen LogP contribution in [-0.4, -0.2) is 22.2 Å². The van der Waals surface area contributed by atoms with Gasteiger partial charge in [0.15, 0.2) is 0 Å². The highest BCUT2D eigenvalue weighted by Crippen LogP contribution is 2.19. The van der Waals surface area contributed by atoms with Gasteiger partial charge in [0.25, 0.3) is 0 Å². The molecule has 0 unspecified atom stereocenters. The highest BCUT2D eigenvalue weighted by Gasteiger charge is 2.16. The Morgan fingerprint density at radius 2 is 1.90 bits per heavy atom. The third-order valence-electron chi connectivity index (χ3n) is 3.17. The van der Waals surface area contributed by atoms with E-state index >= 15 is 0 Å². The van der Waals surface area contributed by atoms with Crippen molar-refractivity contribution in [1.29, 1.82) is 0 Å². The molecule has 2 aromatic rings. The Labute approximate surface area is 119 Å². The van der Waals surface area contributed by atoms with Crippen molar-refractivity contribution in [2.45, 2.75) is 26.8 Å². The molecule has 1 aromatic carbocycles. The fraction of sp³-hybridized carbons (Fsp3) is 0.375. The Morgan fingerprint density at radius 1 is 1.20 bits per heavy atom. The second kappa shape index (κ2) is 6.37. The lowest BCUT2D eigenvalue weighted by atomic mass is 10.1. The minimum Gasteiger partial charge on any atom is -0.354 e. The molecule has 20 heavy (non-hydrogen) atoms. The maximum atomic E-state index is 12.0. The van der Waals surface area contributed by atoms with Crippen LogP contribution in [0.5, 0.6) is 0 Å². The molecule has 0 saturated heterocycles. The molecule has 1 amide bonds. The van der Waals surface area contributed by atoms with E-state index in [0.717, 1.165) is 11.1 Å². The number of amides is 1. The number of hydrogen-bond donors (Lipinski definition) is 1. The summed E-state index contributed by atoms with van der Waals surface area (Å²) >= 11 is 0. The molecule has 0 aliphatic heterocycles. The van der Waals surface area contributed by atoms with Crippen LogP contribution in [0.2, 0.25) is 0 Å². The first kappa shape index (κ1) is 14.3. The van der Waals surface area contributed by atoms with Gasteiger partial charge in [-0.3, -0.25) is 9.48 Å². The molecule has 0 aliphatic rings. The predicted octanol–water partition coefficient (Wildman–Crippen LogP) is 2.88. The minimum atomic E-state index is -0.300. The summed E-state index contributed by atoms with van der Waals surface area (Å²) in [7, 11) is 0. The van der Waals surface area contributed by atoms with Gasteiger partial charge in [-0.15, -0.1) is 0 Å². The Kier molecular flexibility index (Phi) is 4.56. The first-order chi connectivity index (χ1) is 9.58. The van der Waals surface area contributed by atoms with E-state index in [1.165, 1.54) is 0 Å². The molecule has 4 nitrogen and oxygen atoms in total. The average Bonchev–Trinajstić information content (AvgIpc) is 2.94. The van der Waals surface area contributed by atoms with Crippen molar-refractivity contribution >= 4 is 5.91 Å². The summed E-state index contributed by atoms with van der Waals surface area (Å²) in [6, 6.07) is 9.73. The molecule has 0 bridgehead atoms. The molecule has 1 aromatic heterocycles. The van der Waals surface area contributed by atoms with Crippen LogP contribution >= 0.6 is 0 Å². The van der Waals surface area contributed by atoms with Crippen LogP contribution in [0.3, 0.4) is 0 Å². The molecule has 2 rings (SSSR count). The van der Waals surface area contributed by atoms with Gasteiger partial charge in [-0.1, -0.05) is 44.2 Å². The van der Waals surface area contributed by atoms with Crippen molar-refractivity contribution in [2.75, 3.05) is 6.54 Å². The van der Waals surface area contributed by atoms with Crippen molar-refractivity contribution in [1.82, 2.24) is 15.1 Å². The van der Waals surface area contributed by atoms with Gasteiger partial charge >= 0.3 is 0 Å². The van der Waals surface area contributed by atoms with E-state index in [1.807, 2.05) is 43.5 Å². The summed E-state index contributed by atoms with van der Waals surface area (Å²) in [4.78, 5) is 12.0. The zero-order valence-electron chi connectivity index (χ0n) is 12.2. The van der Waals surface area contributed by atoms with Gasteiger partial charge in [0.05, 0.1) is 6.20 Å². The molecular formula is C16H21N3O. The van der Waals surface area contributed by atoms with Crippen molar-refractivity contribution in [3.8, 4) is 11.1 Å². The van der Waals surface area contributed by atoms with E-state index in [-0.39, 0.29) is 11.9 Å². The number of nitrogens with zero attached hydrogens (tertiary/aromatic N) is 2. The SMILES string of the molecule is CC(C)CNC(=O)[C@@H](C)n1cc(-c2ccccc2)cn1. The zero-order chi connectivity index (χ0) is 14.5. The van der Waals surface area contributed by atoms with Crippen LogP contribution in [0.1, 0.15) is 26.8 Å². The Morgan fingerprint density at radius 3 is 2.55 bits per heavy atom. The van der Waals surface area contributed by atoms with E-state index in [9.17, 15) is 4.79 Å². The highest BCUT2D eigenvalue weighted by atomic mass is 16.2. The van der Waals surface area contributed by atoms with Gasteiger partial charge in [-0.05, 0) is 18.4 Å². The average molecular weight is 271 g/mol. The Balaban J connectivity index is 2.07. The van der Waals surface area contributed by atoms with Crippen molar-refractivity contribution in [3.63, 3.8) is 0 Å². The van der Waals surface area contributed by atoms with E-state index in [0.29, 0.717) is 12.5 Å². The molecular weight excluding hydrogens is 250 g/mol. The molecule has 0 aliphatic carbocycles. The number of carbonyl (C=O) groups excluding carboxylic acids is 1. The second-order valence-corrected chi connectivity index (χ2v) is 5.39. The molecule has 0 saturated carbocycles. The van der Waals surface area contributed by atoms with Gasteiger partial charge in [0.2, 0.25) is 5.91 Å². The van der Waals surface area contributed by atoms with E-state index < -0.39 is 0 Å². The number of hydrogen-bond acceptors (Lipinski definition) is 2. The summed E-state index contributed by atoms with van der Waals surface area (Å²) in [5.41, 5.74) is 2.13. The zero-order valence-corrected chi connectivity index (χ0v) is 12.2. The Hall–Kier alpha value is -2.10. The van der Waals surface area contributed by atoms with E-state index in [1.54, 1.807) is 10.9 Å². The highest BCUT2D eigenvalue weighted by molar-refractivity contribution is 5.80. The van der Waals surface area contributed by atoms with Crippen LogP contribution in [-0.2, 0) is 4.79 Å². The van der Waals surface area contributed by atoms with Gasteiger partial charge in [0.1, 0.15) is 6.04 Å². The lowest BCUT2D eigenvalue weighted by Crippen LogP contribution is -2.33. The molecule has 106 valence electrons. The minimum absolute atomic E-state index is 0.00131. The van der Waals surface area contributed by atoms with Crippen LogP contribution < -0.4 is 5.32 Å². The predicted molar refractivity (Wildman–Crippen MR) is 80.2 cm³/mol. The molecule has 1 heterocycles. The maximum Gasteiger partial charge on any atom is 0.244 e. The van der Waals surface area contributed by atoms with Gasteiger partial charge in [-0.25, -0.2) is 0 Å². The van der Waals surface area contributed by atoms with Crippen molar-refractivity contribution in [3.05, 3.63) is 42.7 Å². The fourth-order valence-corrected chi connectivity index (χ4v) is 1.90. The number of aromatic nitrogens is 2. The van der Waals surface area contributed by atoms with Crippen LogP contribution in [0.15, 0.2) is 42.7 Å². The second-order valence-electron chi connectivity index (χ2n) is 5.39. The number of rotatable bonds is 5. The van der Waals surface area contributed by atoms with E-state index in [4.69, 9.17) is 0 Å². The lowest BCUT2D eigenvalue weighted by Gasteiger charge is -2.13. The standard InChI is InChI=1S/C16H21N3O/c1-12(2)9-17-16(20)13(3)19-11-15(10-18-19)14-7-5-4-6-8-14/h4-8,10-13H,9H2,1-3H3,(H,17,20)/t13-/m1/s1. The van der Waals surface area contributed by atoms with Gasteiger partial charge in [0, 0.05) is 18.3 Å². The van der Waals surface area contributed by atoms with Gasteiger partial charge in [-0.2, -0.15) is 5.10 Å². The summed E-state index contributed by atoms with van der Waals surface area (Å²) in [5, 5.41) is 7.23. The quantitative estimate of drug-likeness (QED) is 0.909. The summed E-state index contributed by atoms with van der Waals surface area (Å²) in [5.74, 6) is 0.449. The maximum absolute atomic E-state index is 12.0. The molecule has 1 N–H and O–H groups in total. The normalized spacial score (nSPS) is 12.4.